The fraction of sp³-hybridized carbons (Fsp3) is 0.304. The van der Waals surface area contributed by atoms with Crippen LogP contribution in [-0.2, 0) is 6.54 Å². The summed E-state index contributed by atoms with van der Waals surface area (Å²) in [6, 6.07) is 11.3. The second kappa shape index (κ2) is 8.50. The van der Waals surface area contributed by atoms with Crippen LogP contribution in [0.2, 0.25) is 0 Å². The summed E-state index contributed by atoms with van der Waals surface area (Å²) in [6.07, 6.45) is 1.68. The monoisotopic (exact) mass is 420 g/mol. The lowest BCUT2D eigenvalue weighted by atomic mass is 10.0. The predicted octanol–water partition coefficient (Wildman–Crippen LogP) is 1.96. The van der Waals surface area contributed by atoms with Gasteiger partial charge in [0.25, 0.3) is 0 Å². The maximum Gasteiger partial charge on any atom is 0.232 e. The van der Waals surface area contributed by atoms with E-state index in [1.165, 1.54) is 0 Å². The maximum absolute atomic E-state index is 13.1. The number of aromatic amines is 1. The lowest BCUT2D eigenvalue weighted by molar-refractivity contribution is 0.101. The molecule has 1 aromatic heterocycles. The van der Waals surface area contributed by atoms with Crippen LogP contribution in [0, 0.1) is 0 Å². The van der Waals surface area contributed by atoms with E-state index in [-0.39, 0.29) is 24.8 Å². The zero-order valence-electron chi connectivity index (χ0n) is 17.1. The fourth-order valence-corrected chi connectivity index (χ4v) is 4.04. The van der Waals surface area contributed by atoms with Gasteiger partial charge in [0.15, 0.2) is 5.76 Å². The van der Waals surface area contributed by atoms with Crippen molar-refractivity contribution in [1.29, 1.82) is 0 Å². The lowest BCUT2D eigenvalue weighted by Crippen LogP contribution is -2.43. The number of Topliss-reactive ketones (excluding diaryl/α,β-unsaturated/α-hetero) is 1. The minimum absolute atomic E-state index is 0.0820. The van der Waals surface area contributed by atoms with Gasteiger partial charge in [0.1, 0.15) is 18.1 Å². The number of hydrogen-bond acceptors (Lipinski definition) is 7. The molecule has 3 N–H and O–H groups in total. The van der Waals surface area contributed by atoms with E-state index in [1.807, 2.05) is 24.3 Å². The Balaban J connectivity index is 1.51. The van der Waals surface area contributed by atoms with Gasteiger partial charge in [0.2, 0.25) is 5.78 Å². The van der Waals surface area contributed by atoms with Crippen molar-refractivity contribution in [3.63, 3.8) is 0 Å². The molecule has 8 nitrogen and oxygen atoms in total. The third-order valence-electron chi connectivity index (χ3n) is 5.61. The summed E-state index contributed by atoms with van der Waals surface area (Å²) in [5.41, 5.74) is 2.91. The number of ether oxygens (including phenoxy) is 2. The Bertz CT molecular complexity index is 1150. The average Bonchev–Trinajstić information content (AvgIpc) is 3.35. The largest absolute Gasteiger partial charge is 0.491 e. The number of nitrogens with one attached hydrogen (secondary N) is 2. The number of ketones is 1. The first-order valence-corrected chi connectivity index (χ1v) is 10.4. The number of H-pyrrole nitrogens is 1. The number of aliphatic hydroxyl groups excluding tert-OH is 1. The molecule has 0 saturated carbocycles. The molecule has 0 bridgehead atoms. The summed E-state index contributed by atoms with van der Waals surface area (Å²) < 4.78 is 11.9. The second-order valence-corrected chi connectivity index (χ2v) is 7.61. The van der Waals surface area contributed by atoms with Crippen LogP contribution in [0.15, 0.2) is 42.2 Å². The van der Waals surface area contributed by atoms with Crippen LogP contribution < -0.4 is 14.8 Å². The Kier molecular flexibility index (Phi) is 5.42. The first-order valence-electron chi connectivity index (χ1n) is 10.4. The molecule has 1 saturated heterocycles. The Hall–Kier alpha value is -3.20. The number of allylic oxidation sites excluding steroid dienone is 1. The molecule has 2 aliphatic rings. The van der Waals surface area contributed by atoms with E-state index < -0.39 is 0 Å². The zero-order valence-corrected chi connectivity index (χ0v) is 17.1. The SMILES string of the molecule is O=C1C(=Cc2n[nH]c3ccccc23)Oc2c1ccc(OCCO)c2CN1CCNCC1. The number of fused-ring (bicyclic) bond motifs is 2. The van der Waals surface area contributed by atoms with Crippen LogP contribution in [0.3, 0.4) is 0 Å². The van der Waals surface area contributed by atoms with Gasteiger partial charge in [0.05, 0.1) is 28.9 Å². The third-order valence-corrected chi connectivity index (χ3v) is 5.61. The van der Waals surface area contributed by atoms with Gasteiger partial charge in [-0.1, -0.05) is 18.2 Å². The first-order chi connectivity index (χ1) is 15.2. The van der Waals surface area contributed by atoms with Crippen LogP contribution in [0.4, 0.5) is 0 Å². The van der Waals surface area contributed by atoms with Crippen molar-refractivity contribution in [2.75, 3.05) is 39.4 Å². The molecule has 0 radical (unpaired) electrons. The van der Waals surface area contributed by atoms with E-state index in [2.05, 4.69) is 20.4 Å². The van der Waals surface area contributed by atoms with Crippen LogP contribution >= 0.6 is 0 Å². The summed E-state index contributed by atoms with van der Waals surface area (Å²) in [7, 11) is 0. The van der Waals surface area contributed by atoms with E-state index in [0.717, 1.165) is 42.6 Å². The van der Waals surface area contributed by atoms with Crippen molar-refractivity contribution < 1.29 is 19.4 Å². The molecular formula is C23H24N4O4. The molecular weight excluding hydrogens is 396 g/mol. The van der Waals surface area contributed by atoms with Crippen molar-refractivity contribution >= 4 is 22.8 Å². The molecule has 1 fully saturated rings. The number of piperazine rings is 1. The number of carbonyl (C=O) groups is 1. The molecule has 0 spiro atoms. The predicted molar refractivity (Wildman–Crippen MR) is 116 cm³/mol. The van der Waals surface area contributed by atoms with Crippen LogP contribution in [-0.4, -0.2) is 65.4 Å². The van der Waals surface area contributed by atoms with Gasteiger partial charge in [-0.3, -0.25) is 14.8 Å². The first kappa shape index (κ1) is 19.7. The minimum Gasteiger partial charge on any atom is -0.491 e. The molecule has 5 rings (SSSR count). The quantitative estimate of drug-likeness (QED) is 0.524. The highest BCUT2D eigenvalue weighted by Gasteiger charge is 2.32. The Morgan fingerprint density at radius 1 is 1.19 bits per heavy atom. The molecule has 3 heterocycles. The van der Waals surface area contributed by atoms with Crippen molar-refractivity contribution in [2.24, 2.45) is 0 Å². The number of para-hydroxylation sites is 1. The number of aliphatic hydroxyl groups is 1. The molecule has 0 aliphatic carbocycles. The molecule has 0 amide bonds. The van der Waals surface area contributed by atoms with E-state index in [4.69, 9.17) is 9.47 Å². The molecule has 0 atom stereocenters. The molecule has 2 aliphatic heterocycles. The zero-order chi connectivity index (χ0) is 21.2. The van der Waals surface area contributed by atoms with Crippen LogP contribution in [0.25, 0.3) is 17.0 Å². The van der Waals surface area contributed by atoms with E-state index in [1.54, 1.807) is 18.2 Å². The Morgan fingerprint density at radius 2 is 2.03 bits per heavy atom. The van der Waals surface area contributed by atoms with E-state index in [9.17, 15) is 9.90 Å². The molecule has 8 heteroatoms. The fourth-order valence-electron chi connectivity index (χ4n) is 4.04. The molecule has 31 heavy (non-hydrogen) atoms. The van der Waals surface area contributed by atoms with Gasteiger partial charge in [-0.25, -0.2) is 0 Å². The highest BCUT2D eigenvalue weighted by atomic mass is 16.5. The number of hydrogen-bond donors (Lipinski definition) is 3. The highest BCUT2D eigenvalue weighted by Crippen LogP contribution is 2.41. The summed E-state index contributed by atoms with van der Waals surface area (Å²) in [6.45, 7) is 4.35. The van der Waals surface area contributed by atoms with Crippen LogP contribution in [0.1, 0.15) is 21.6 Å². The van der Waals surface area contributed by atoms with Gasteiger partial charge in [-0.2, -0.15) is 5.10 Å². The third kappa shape index (κ3) is 3.81. The normalized spacial score (nSPS) is 17.8. The summed E-state index contributed by atoms with van der Waals surface area (Å²) >= 11 is 0. The summed E-state index contributed by atoms with van der Waals surface area (Å²) in [4.78, 5) is 15.4. The van der Waals surface area contributed by atoms with Gasteiger partial charge in [0, 0.05) is 44.2 Å². The van der Waals surface area contributed by atoms with Gasteiger partial charge in [-0.15, -0.1) is 0 Å². The van der Waals surface area contributed by atoms with Crippen molar-refractivity contribution in [3.05, 3.63) is 59.0 Å². The van der Waals surface area contributed by atoms with Crippen LogP contribution in [0.5, 0.6) is 11.5 Å². The van der Waals surface area contributed by atoms with Crippen molar-refractivity contribution in [1.82, 2.24) is 20.4 Å². The average molecular weight is 420 g/mol. The number of aromatic nitrogens is 2. The Labute approximate surface area is 179 Å². The number of benzene rings is 2. The van der Waals surface area contributed by atoms with Crippen molar-refractivity contribution in [3.8, 4) is 11.5 Å². The van der Waals surface area contributed by atoms with E-state index in [0.29, 0.717) is 29.3 Å². The summed E-state index contributed by atoms with van der Waals surface area (Å²) in [5, 5.41) is 20.8. The summed E-state index contributed by atoms with van der Waals surface area (Å²) in [5.74, 6) is 1.24. The van der Waals surface area contributed by atoms with E-state index >= 15 is 0 Å². The number of rotatable bonds is 6. The molecule has 0 unspecified atom stereocenters. The number of carbonyl (C=O) groups excluding carboxylic acids is 1. The maximum atomic E-state index is 13.1. The topological polar surface area (TPSA) is 99.7 Å². The smallest absolute Gasteiger partial charge is 0.232 e. The van der Waals surface area contributed by atoms with Gasteiger partial charge < -0.3 is 19.9 Å². The molecule has 3 aromatic rings. The molecule has 2 aromatic carbocycles. The van der Waals surface area contributed by atoms with Gasteiger partial charge in [-0.05, 0) is 18.2 Å². The lowest BCUT2D eigenvalue weighted by Gasteiger charge is -2.28. The van der Waals surface area contributed by atoms with Crippen molar-refractivity contribution in [2.45, 2.75) is 6.54 Å². The minimum atomic E-state index is -0.169. The highest BCUT2D eigenvalue weighted by molar-refractivity contribution is 6.15. The van der Waals surface area contributed by atoms with Gasteiger partial charge >= 0.3 is 0 Å². The standard InChI is InChI=1S/C23H24N4O4/c28-11-12-30-20-6-5-16-22(29)21(13-19-15-3-1-2-4-18(15)25-26-19)31-23(16)17(20)14-27-9-7-24-8-10-27/h1-6,13,24,28H,7-12,14H2,(H,25,26). The molecule has 160 valence electrons. The second-order valence-electron chi connectivity index (χ2n) is 7.61. The Morgan fingerprint density at radius 3 is 2.87 bits per heavy atom. The number of nitrogens with zero attached hydrogens (tertiary/aromatic N) is 2.